The molecule has 0 aliphatic rings. The molecule has 0 fully saturated rings. The minimum absolute atomic E-state index is 0.104. The summed E-state index contributed by atoms with van der Waals surface area (Å²) in [6.45, 7) is 25.6. The summed E-state index contributed by atoms with van der Waals surface area (Å²) in [6.07, 6.45) is 0. The maximum atomic E-state index is 9.25. The van der Waals surface area contributed by atoms with E-state index in [1.165, 1.54) is 22.8 Å². The molecule has 2 aromatic heterocycles. The summed E-state index contributed by atoms with van der Waals surface area (Å²) in [6, 6.07) is 24.2. The van der Waals surface area contributed by atoms with Crippen LogP contribution in [0.3, 0.4) is 0 Å². The molecule has 0 bridgehead atoms. The van der Waals surface area contributed by atoms with E-state index >= 15 is 0 Å². The number of nitriles is 1. The molecule has 0 spiro atoms. The summed E-state index contributed by atoms with van der Waals surface area (Å²) in [5.74, 6) is 0.104. The Hall–Kier alpha value is -4.49. The summed E-state index contributed by atoms with van der Waals surface area (Å²) < 4.78 is 4.36. The van der Waals surface area contributed by atoms with Crippen molar-refractivity contribution in [1.82, 2.24) is 9.13 Å². The van der Waals surface area contributed by atoms with Gasteiger partial charge in [-0.1, -0.05) is 45.2 Å². The number of hydrogen-bond donors (Lipinski definition) is 1. The summed E-state index contributed by atoms with van der Waals surface area (Å²) in [7, 11) is 0. The second-order valence-electron chi connectivity index (χ2n) is 9.00. The quantitative estimate of drug-likeness (QED) is 0.217. The third-order valence-electron chi connectivity index (χ3n) is 6.18. The van der Waals surface area contributed by atoms with Gasteiger partial charge in [0.2, 0.25) is 0 Å². The van der Waals surface area contributed by atoms with Gasteiger partial charge in [0.1, 0.15) is 5.76 Å². The van der Waals surface area contributed by atoms with Gasteiger partial charge in [0.05, 0.1) is 11.6 Å². The van der Waals surface area contributed by atoms with Gasteiger partial charge in [0, 0.05) is 39.7 Å². The molecule has 196 valence electrons. The highest BCUT2D eigenvalue weighted by molar-refractivity contribution is 5.84. The molecule has 0 aliphatic heterocycles. The second-order valence-corrected chi connectivity index (χ2v) is 9.00. The Kier molecular flexibility index (Phi) is 10.3. The zero-order valence-corrected chi connectivity index (χ0v) is 23.8. The molecule has 2 heterocycles. The smallest absolute Gasteiger partial charge is 0.115 e. The fourth-order valence-corrected chi connectivity index (χ4v) is 4.30. The van der Waals surface area contributed by atoms with Gasteiger partial charge in [-0.25, -0.2) is 0 Å². The van der Waals surface area contributed by atoms with E-state index in [4.69, 9.17) is 5.26 Å². The standard InChI is InChI=1S/C18H18N2.C14H15NO.C2H6/c1-12(2)18-10-16(8-9-17(18)13(3)11-19)20-14(4)6-7-15(20)5;1-10-4-5-11(2)15(10)14-8-6-13(7-9-14)12(3)16;1-2/h6-10H,1,3H2,2,4-5H3;4-9,16H,3H2,1-2H3;1-2H3. The lowest BCUT2D eigenvalue weighted by Crippen LogP contribution is -2.01. The number of hydrogen-bond acceptors (Lipinski definition) is 2. The maximum absolute atomic E-state index is 9.25. The van der Waals surface area contributed by atoms with Crippen LogP contribution in [0.2, 0.25) is 0 Å². The van der Waals surface area contributed by atoms with Gasteiger partial charge < -0.3 is 14.2 Å². The minimum atomic E-state index is 0.104. The highest BCUT2D eigenvalue weighted by Crippen LogP contribution is 2.27. The molecule has 38 heavy (non-hydrogen) atoms. The molecule has 4 aromatic rings. The zero-order valence-electron chi connectivity index (χ0n) is 23.8. The van der Waals surface area contributed by atoms with E-state index in [2.05, 4.69) is 93.0 Å². The molecule has 0 amide bonds. The Morgan fingerprint density at radius 2 is 1.11 bits per heavy atom. The minimum Gasteiger partial charge on any atom is -0.508 e. The third-order valence-corrected chi connectivity index (χ3v) is 6.18. The van der Waals surface area contributed by atoms with E-state index in [-0.39, 0.29) is 5.76 Å². The van der Waals surface area contributed by atoms with Crippen molar-refractivity contribution in [3.05, 3.63) is 126 Å². The molecular formula is C34H39N3O. The van der Waals surface area contributed by atoms with Crippen LogP contribution >= 0.6 is 0 Å². The van der Waals surface area contributed by atoms with Crippen molar-refractivity contribution in [3.8, 4) is 17.4 Å². The molecule has 0 aliphatic carbocycles. The van der Waals surface area contributed by atoms with Gasteiger partial charge >= 0.3 is 0 Å². The second kappa shape index (κ2) is 13.2. The van der Waals surface area contributed by atoms with Crippen molar-refractivity contribution in [1.29, 1.82) is 5.26 Å². The summed E-state index contributed by atoms with van der Waals surface area (Å²) in [5, 5.41) is 18.3. The highest BCUT2D eigenvalue weighted by atomic mass is 16.3. The van der Waals surface area contributed by atoms with Crippen LogP contribution in [0.15, 0.2) is 86.5 Å². The van der Waals surface area contributed by atoms with Crippen LogP contribution in [-0.4, -0.2) is 14.2 Å². The number of benzene rings is 2. The van der Waals surface area contributed by atoms with Gasteiger partial charge in [-0.15, -0.1) is 0 Å². The summed E-state index contributed by atoms with van der Waals surface area (Å²) in [5.41, 5.74) is 10.9. The van der Waals surface area contributed by atoms with Crippen LogP contribution in [0.4, 0.5) is 0 Å². The van der Waals surface area contributed by atoms with E-state index < -0.39 is 0 Å². The molecule has 4 rings (SSSR count). The van der Waals surface area contributed by atoms with Gasteiger partial charge in [-0.05, 0) is 106 Å². The first kappa shape index (κ1) is 29.7. The number of nitrogens with zero attached hydrogens (tertiary/aromatic N) is 3. The third kappa shape index (κ3) is 6.63. The van der Waals surface area contributed by atoms with E-state index in [9.17, 15) is 5.11 Å². The van der Waals surface area contributed by atoms with Crippen molar-refractivity contribution < 1.29 is 5.11 Å². The zero-order chi connectivity index (χ0) is 28.6. The van der Waals surface area contributed by atoms with Crippen LogP contribution in [0.1, 0.15) is 60.2 Å². The fourth-order valence-electron chi connectivity index (χ4n) is 4.30. The molecule has 4 nitrogen and oxygen atoms in total. The van der Waals surface area contributed by atoms with E-state index in [1.807, 2.05) is 57.2 Å². The fraction of sp³-hybridized carbons (Fsp3) is 0.206. The highest BCUT2D eigenvalue weighted by Gasteiger charge is 2.11. The predicted molar refractivity (Wildman–Crippen MR) is 163 cm³/mol. The Morgan fingerprint density at radius 3 is 1.50 bits per heavy atom. The molecule has 0 saturated carbocycles. The molecule has 0 unspecified atom stereocenters. The summed E-state index contributed by atoms with van der Waals surface area (Å²) >= 11 is 0. The monoisotopic (exact) mass is 505 g/mol. The van der Waals surface area contributed by atoms with Crippen molar-refractivity contribution in [2.45, 2.75) is 48.5 Å². The molecule has 0 saturated heterocycles. The first-order valence-electron chi connectivity index (χ1n) is 12.7. The van der Waals surface area contributed by atoms with E-state index in [0.29, 0.717) is 5.57 Å². The van der Waals surface area contributed by atoms with Gasteiger partial charge in [0.25, 0.3) is 0 Å². The van der Waals surface area contributed by atoms with Crippen LogP contribution in [0.5, 0.6) is 0 Å². The number of allylic oxidation sites excluding steroid dienone is 2. The average Bonchev–Trinajstić information content (AvgIpc) is 3.43. The molecular weight excluding hydrogens is 466 g/mol. The summed E-state index contributed by atoms with van der Waals surface area (Å²) in [4.78, 5) is 0. The number of aryl methyl sites for hydroxylation is 4. The lowest BCUT2D eigenvalue weighted by atomic mass is 9.96. The van der Waals surface area contributed by atoms with Crippen LogP contribution in [-0.2, 0) is 0 Å². The number of aromatic nitrogens is 2. The molecule has 0 radical (unpaired) electrons. The van der Waals surface area contributed by atoms with Gasteiger partial charge in [0.15, 0.2) is 0 Å². The molecule has 2 aromatic carbocycles. The van der Waals surface area contributed by atoms with Crippen LogP contribution < -0.4 is 0 Å². The number of aliphatic hydroxyl groups excluding tert-OH is 1. The maximum Gasteiger partial charge on any atom is 0.115 e. The Balaban J connectivity index is 0.000000256. The topological polar surface area (TPSA) is 53.9 Å². The first-order valence-corrected chi connectivity index (χ1v) is 12.7. The SMILES string of the molecule is C=C(C)c1cc(-n2c(C)ccc2C)ccc1C(=C)C#N.C=C(O)c1ccc(-n2c(C)ccc2C)cc1.CC. The van der Waals surface area contributed by atoms with Crippen LogP contribution in [0, 0.1) is 39.0 Å². The molecule has 0 atom stereocenters. The lowest BCUT2D eigenvalue weighted by molar-refractivity contribution is 0.514. The van der Waals surface area contributed by atoms with Crippen molar-refractivity contribution in [2.24, 2.45) is 0 Å². The van der Waals surface area contributed by atoms with E-state index in [1.54, 1.807) is 0 Å². The number of rotatable bonds is 5. The van der Waals surface area contributed by atoms with Gasteiger partial charge in [-0.3, -0.25) is 0 Å². The number of aliphatic hydroxyl groups is 1. The average molecular weight is 506 g/mol. The Bertz CT molecular complexity index is 1450. The van der Waals surface area contributed by atoms with Crippen molar-refractivity contribution in [3.63, 3.8) is 0 Å². The molecule has 1 N–H and O–H groups in total. The van der Waals surface area contributed by atoms with Crippen LogP contribution in [0.25, 0.3) is 28.3 Å². The van der Waals surface area contributed by atoms with Gasteiger partial charge in [-0.2, -0.15) is 5.26 Å². The Labute approximate surface area is 228 Å². The first-order chi connectivity index (χ1) is 18.0. The van der Waals surface area contributed by atoms with E-state index in [0.717, 1.165) is 33.6 Å². The lowest BCUT2D eigenvalue weighted by Gasteiger charge is -2.14. The molecule has 4 heteroatoms. The van der Waals surface area contributed by atoms with Crippen molar-refractivity contribution >= 4 is 16.9 Å². The predicted octanol–water partition coefficient (Wildman–Crippen LogP) is 9.31. The largest absolute Gasteiger partial charge is 0.508 e. The Morgan fingerprint density at radius 1 is 0.684 bits per heavy atom. The normalized spacial score (nSPS) is 9.84. The van der Waals surface area contributed by atoms with Crippen molar-refractivity contribution in [2.75, 3.05) is 0 Å².